The first-order valence-corrected chi connectivity index (χ1v) is 7.93. The molecule has 1 aromatic heterocycles. The van der Waals surface area contributed by atoms with Crippen LogP contribution in [0.2, 0.25) is 0 Å². The summed E-state index contributed by atoms with van der Waals surface area (Å²) in [5, 5.41) is 5.42. The highest BCUT2D eigenvalue weighted by atomic mass is 16.5. The third kappa shape index (κ3) is 4.83. The van der Waals surface area contributed by atoms with Crippen molar-refractivity contribution in [3.05, 3.63) is 66.0 Å². The van der Waals surface area contributed by atoms with Crippen LogP contribution >= 0.6 is 0 Å². The Bertz CT molecular complexity index is 805. The third-order valence-electron chi connectivity index (χ3n) is 3.56. The van der Waals surface area contributed by atoms with E-state index < -0.39 is 0 Å². The molecule has 2 aromatic rings. The van der Waals surface area contributed by atoms with Gasteiger partial charge in [0.15, 0.2) is 11.5 Å². The van der Waals surface area contributed by atoms with Crippen LogP contribution < -0.4 is 20.1 Å². The zero-order chi connectivity index (χ0) is 18.9. The molecule has 0 bridgehead atoms. The highest BCUT2D eigenvalue weighted by Crippen LogP contribution is 2.27. The second-order valence-corrected chi connectivity index (χ2v) is 5.30. The number of carbonyl (C=O) groups excluding carboxylic acids is 2. The summed E-state index contributed by atoms with van der Waals surface area (Å²) in [6.07, 6.45) is 3.00. The Kier molecular flexibility index (Phi) is 6.73. The molecular weight excluding hydrogens is 334 g/mol. The van der Waals surface area contributed by atoms with Gasteiger partial charge in [-0.2, -0.15) is 0 Å². The monoisotopic (exact) mass is 355 g/mol. The van der Waals surface area contributed by atoms with Gasteiger partial charge in [-0.15, -0.1) is 6.58 Å². The normalized spacial score (nSPS) is 9.92. The molecule has 7 heteroatoms. The lowest BCUT2D eigenvalue weighted by Crippen LogP contribution is -2.26. The first kappa shape index (κ1) is 19.0. The van der Waals surface area contributed by atoms with E-state index in [2.05, 4.69) is 22.2 Å². The zero-order valence-electron chi connectivity index (χ0n) is 14.7. The van der Waals surface area contributed by atoms with Gasteiger partial charge in [-0.25, -0.2) is 0 Å². The fourth-order valence-electron chi connectivity index (χ4n) is 2.23. The molecule has 2 N–H and O–H groups in total. The van der Waals surface area contributed by atoms with Gasteiger partial charge in [-0.05, 0) is 29.8 Å². The van der Waals surface area contributed by atoms with Crippen molar-refractivity contribution in [2.75, 3.05) is 20.8 Å². The third-order valence-corrected chi connectivity index (χ3v) is 3.56. The van der Waals surface area contributed by atoms with E-state index >= 15 is 0 Å². The van der Waals surface area contributed by atoms with Crippen molar-refractivity contribution in [2.45, 2.75) is 6.54 Å². The summed E-state index contributed by atoms with van der Waals surface area (Å²) >= 11 is 0. The van der Waals surface area contributed by atoms with Crippen LogP contribution in [0.4, 0.5) is 0 Å². The molecular formula is C19H21N3O4. The van der Waals surface area contributed by atoms with Crippen LogP contribution in [-0.4, -0.2) is 37.6 Å². The Hall–Kier alpha value is -3.35. The van der Waals surface area contributed by atoms with E-state index in [9.17, 15) is 9.59 Å². The minimum atomic E-state index is -0.377. The largest absolute Gasteiger partial charge is 0.493 e. The molecule has 7 nitrogen and oxygen atoms in total. The topological polar surface area (TPSA) is 89.6 Å². The first-order chi connectivity index (χ1) is 12.6. The van der Waals surface area contributed by atoms with Gasteiger partial charge < -0.3 is 20.1 Å². The van der Waals surface area contributed by atoms with E-state index in [1.807, 2.05) is 6.07 Å². The molecule has 2 amide bonds. The molecule has 0 spiro atoms. The van der Waals surface area contributed by atoms with E-state index in [1.54, 1.807) is 38.5 Å². The maximum absolute atomic E-state index is 12.3. The molecule has 0 unspecified atom stereocenters. The molecule has 1 aromatic carbocycles. The van der Waals surface area contributed by atoms with Crippen LogP contribution in [0.3, 0.4) is 0 Å². The fourth-order valence-corrected chi connectivity index (χ4v) is 2.23. The molecule has 136 valence electrons. The average Bonchev–Trinajstić information content (AvgIpc) is 2.69. The quantitative estimate of drug-likeness (QED) is 0.707. The van der Waals surface area contributed by atoms with Gasteiger partial charge in [0.05, 0.1) is 14.2 Å². The van der Waals surface area contributed by atoms with Crippen molar-refractivity contribution in [3.8, 4) is 11.5 Å². The highest BCUT2D eigenvalue weighted by molar-refractivity contribution is 5.98. The first-order valence-electron chi connectivity index (χ1n) is 7.93. The van der Waals surface area contributed by atoms with Crippen molar-refractivity contribution in [3.63, 3.8) is 0 Å². The van der Waals surface area contributed by atoms with E-state index in [1.165, 1.54) is 12.3 Å². The van der Waals surface area contributed by atoms with Crippen LogP contribution in [-0.2, 0) is 6.54 Å². The molecule has 0 saturated carbocycles. The zero-order valence-corrected chi connectivity index (χ0v) is 14.7. The van der Waals surface area contributed by atoms with Crippen LogP contribution in [0.15, 0.2) is 49.2 Å². The SMILES string of the molecule is C=CCNC(=O)c1ccnc(C(=O)NCc2ccc(OC)c(OC)c2)c1. The summed E-state index contributed by atoms with van der Waals surface area (Å²) in [6, 6.07) is 8.37. The predicted octanol–water partition coefficient (Wildman–Crippen LogP) is 1.94. The van der Waals surface area contributed by atoms with Crippen LogP contribution in [0.25, 0.3) is 0 Å². The van der Waals surface area contributed by atoms with Gasteiger partial charge in [-0.1, -0.05) is 12.1 Å². The number of hydrogen-bond donors (Lipinski definition) is 2. The van der Waals surface area contributed by atoms with E-state index in [0.29, 0.717) is 23.6 Å². The number of benzene rings is 1. The Balaban J connectivity index is 2.04. The molecule has 0 fully saturated rings. The summed E-state index contributed by atoms with van der Waals surface area (Å²) in [4.78, 5) is 28.3. The molecule has 0 aliphatic carbocycles. The minimum Gasteiger partial charge on any atom is -0.493 e. The lowest BCUT2D eigenvalue weighted by atomic mass is 10.2. The Labute approximate surface area is 152 Å². The summed E-state index contributed by atoms with van der Waals surface area (Å²) in [5.41, 5.74) is 1.37. The van der Waals surface area contributed by atoms with Gasteiger partial charge >= 0.3 is 0 Å². The highest BCUT2D eigenvalue weighted by Gasteiger charge is 2.12. The molecule has 1 heterocycles. The maximum Gasteiger partial charge on any atom is 0.270 e. The summed E-state index contributed by atoms with van der Waals surface area (Å²) < 4.78 is 10.4. The number of nitrogens with zero attached hydrogens (tertiary/aromatic N) is 1. The molecule has 0 aliphatic rings. The van der Waals surface area contributed by atoms with Crippen LogP contribution in [0.5, 0.6) is 11.5 Å². The van der Waals surface area contributed by atoms with Crippen molar-refractivity contribution >= 4 is 11.8 Å². The average molecular weight is 355 g/mol. The summed E-state index contributed by atoms with van der Waals surface area (Å²) in [5.74, 6) is 0.528. The lowest BCUT2D eigenvalue weighted by Gasteiger charge is -2.10. The Morgan fingerprint density at radius 3 is 2.54 bits per heavy atom. The van der Waals surface area contributed by atoms with Crippen LogP contribution in [0.1, 0.15) is 26.4 Å². The van der Waals surface area contributed by atoms with Gasteiger partial charge in [0.25, 0.3) is 11.8 Å². The summed E-state index contributed by atoms with van der Waals surface area (Å²) in [6.45, 7) is 4.18. The number of ether oxygens (including phenoxy) is 2. The van der Waals surface area contributed by atoms with Crippen LogP contribution in [0, 0.1) is 0 Å². The number of aromatic nitrogens is 1. The number of pyridine rings is 1. The van der Waals surface area contributed by atoms with Gasteiger partial charge in [0.2, 0.25) is 0 Å². The Morgan fingerprint density at radius 2 is 1.85 bits per heavy atom. The van der Waals surface area contributed by atoms with E-state index in [-0.39, 0.29) is 24.1 Å². The summed E-state index contributed by atoms with van der Waals surface area (Å²) in [7, 11) is 3.11. The molecule has 0 aliphatic heterocycles. The molecule has 0 saturated heterocycles. The maximum atomic E-state index is 12.3. The molecule has 2 rings (SSSR count). The van der Waals surface area contributed by atoms with Crippen molar-refractivity contribution in [1.82, 2.24) is 15.6 Å². The van der Waals surface area contributed by atoms with Crippen molar-refractivity contribution in [2.24, 2.45) is 0 Å². The number of nitrogens with one attached hydrogen (secondary N) is 2. The molecule has 26 heavy (non-hydrogen) atoms. The van der Waals surface area contributed by atoms with Gasteiger partial charge in [0.1, 0.15) is 5.69 Å². The van der Waals surface area contributed by atoms with E-state index in [0.717, 1.165) is 5.56 Å². The number of amides is 2. The number of carbonyl (C=O) groups is 2. The second kappa shape index (κ2) is 9.22. The fraction of sp³-hybridized carbons (Fsp3) is 0.211. The van der Waals surface area contributed by atoms with Gasteiger partial charge in [-0.3, -0.25) is 14.6 Å². The van der Waals surface area contributed by atoms with E-state index in [4.69, 9.17) is 9.47 Å². The van der Waals surface area contributed by atoms with Crippen molar-refractivity contribution < 1.29 is 19.1 Å². The smallest absolute Gasteiger partial charge is 0.270 e. The number of methoxy groups -OCH3 is 2. The minimum absolute atomic E-state index is 0.164. The van der Waals surface area contributed by atoms with Gasteiger partial charge in [0, 0.05) is 24.8 Å². The Morgan fingerprint density at radius 1 is 1.08 bits per heavy atom. The standard InChI is InChI=1S/C19H21N3O4/c1-4-8-21-18(23)14-7-9-20-15(11-14)19(24)22-12-13-5-6-16(25-2)17(10-13)26-3/h4-7,9-11H,1,8,12H2,2-3H3,(H,21,23)(H,22,24). The second-order valence-electron chi connectivity index (χ2n) is 5.30. The van der Waals surface area contributed by atoms with Crippen molar-refractivity contribution in [1.29, 1.82) is 0 Å². The number of rotatable bonds is 8. The predicted molar refractivity (Wildman–Crippen MR) is 97.5 cm³/mol. The lowest BCUT2D eigenvalue weighted by molar-refractivity contribution is 0.0946. The molecule has 0 atom stereocenters. The number of hydrogen-bond acceptors (Lipinski definition) is 5. The molecule has 0 radical (unpaired) electrons.